The summed E-state index contributed by atoms with van der Waals surface area (Å²) < 4.78 is 17.1. The molecule has 0 saturated heterocycles. The Labute approximate surface area is 379 Å². The average Bonchev–Trinajstić information content (AvgIpc) is 3.27. The van der Waals surface area contributed by atoms with Crippen molar-refractivity contribution in [2.45, 2.75) is 155 Å². The summed E-state index contributed by atoms with van der Waals surface area (Å²) in [6.07, 6.45) is 76.8. The standard InChI is InChI=1S/C57H84O5/c1-4-7-10-13-16-19-22-25-26-27-28-29-30-31-34-37-40-43-46-49-52-60-53-55(62-57(59)51-48-45-42-39-36-33-24-21-18-15-12-9-6-3)54-61-56(58)50-47-44-41-38-35-32-23-20-17-14-11-8-5-2/h7-12,16-21,25-26,28-29,31-36,40-45,55H,4-6,13-15,22-24,27,30,37-39,46-54H2,1-3H3/b10-7-,11-8-,12-9-,19-16-,20-17-,21-18-,26-25-,29-28-,34-31-,35-32-,36-33-,43-40-,44-41-,45-42-. The Morgan fingerprint density at radius 2 is 0.645 bits per heavy atom. The molecule has 0 aromatic carbocycles. The molecule has 0 aliphatic carbocycles. The fourth-order valence-electron chi connectivity index (χ4n) is 5.37. The minimum atomic E-state index is -0.646. The molecule has 0 heterocycles. The van der Waals surface area contributed by atoms with E-state index in [9.17, 15) is 9.59 Å². The van der Waals surface area contributed by atoms with E-state index in [2.05, 4.69) is 179 Å². The molecule has 0 N–H and O–H groups in total. The third kappa shape index (κ3) is 47.9. The molecule has 0 aliphatic heterocycles. The van der Waals surface area contributed by atoms with E-state index in [1.165, 1.54) is 0 Å². The lowest BCUT2D eigenvalue weighted by Crippen LogP contribution is -2.30. The van der Waals surface area contributed by atoms with Crippen molar-refractivity contribution in [1.82, 2.24) is 0 Å². The molecule has 0 radical (unpaired) electrons. The molecule has 342 valence electrons. The third-order valence-corrected chi connectivity index (χ3v) is 8.76. The molecular weight excluding hydrogens is 765 g/mol. The third-order valence-electron chi connectivity index (χ3n) is 8.76. The lowest BCUT2D eigenvalue weighted by Gasteiger charge is -2.18. The van der Waals surface area contributed by atoms with Gasteiger partial charge in [0.05, 0.1) is 6.61 Å². The van der Waals surface area contributed by atoms with Crippen LogP contribution in [0.4, 0.5) is 0 Å². The van der Waals surface area contributed by atoms with E-state index < -0.39 is 6.10 Å². The van der Waals surface area contributed by atoms with Gasteiger partial charge in [-0.1, -0.05) is 191 Å². The van der Waals surface area contributed by atoms with Crippen molar-refractivity contribution in [2.75, 3.05) is 19.8 Å². The molecule has 5 nitrogen and oxygen atoms in total. The summed E-state index contributed by atoms with van der Waals surface area (Å²) in [7, 11) is 0. The van der Waals surface area contributed by atoms with E-state index in [1.54, 1.807) is 0 Å². The van der Waals surface area contributed by atoms with Gasteiger partial charge in [0.1, 0.15) is 6.61 Å². The second-order valence-electron chi connectivity index (χ2n) is 14.5. The molecule has 62 heavy (non-hydrogen) atoms. The fraction of sp³-hybridized carbons (Fsp3) is 0.474. The Hall–Kier alpha value is -4.74. The lowest BCUT2D eigenvalue weighted by molar-refractivity contribution is -0.162. The second kappa shape index (κ2) is 50.6. The first-order chi connectivity index (χ1) is 30.6. The fourth-order valence-corrected chi connectivity index (χ4v) is 5.37. The molecule has 0 aromatic heterocycles. The van der Waals surface area contributed by atoms with Crippen LogP contribution in [0.5, 0.6) is 0 Å². The zero-order chi connectivity index (χ0) is 44.9. The van der Waals surface area contributed by atoms with Crippen molar-refractivity contribution >= 4 is 11.9 Å². The van der Waals surface area contributed by atoms with E-state index in [-0.39, 0.29) is 38.0 Å². The Morgan fingerprint density at radius 3 is 0.984 bits per heavy atom. The Morgan fingerprint density at radius 1 is 0.355 bits per heavy atom. The minimum absolute atomic E-state index is 0.0180. The number of carbonyl (C=O) groups excluding carboxylic acids is 2. The number of hydrogen-bond donors (Lipinski definition) is 0. The van der Waals surface area contributed by atoms with Gasteiger partial charge in [-0.15, -0.1) is 0 Å². The summed E-state index contributed by atoms with van der Waals surface area (Å²) >= 11 is 0. The van der Waals surface area contributed by atoms with Gasteiger partial charge in [-0.25, -0.2) is 0 Å². The van der Waals surface area contributed by atoms with Crippen LogP contribution in [0, 0.1) is 0 Å². The Bertz CT molecular complexity index is 1470. The van der Waals surface area contributed by atoms with Gasteiger partial charge < -0.3 is 14.2 Å². The molecule has 0 amide bonds. The van der Waals surface area contributed by atoms with E-state index in [0.717, 1.165) is 103 Å². The summed E-state index contributed by atoms with van der Waals surface area (Å²) in [5.41, 5.74) is 0. The summed E-state index contributed by atoms with van der Waals surface area (Å²) in [5, 5.41) is 0. The van der Waals surface area contributed by atoms with Crippen molar-refractivity contribution in [2.24, 2.45) is 0 Å². The Balaban J connectivity index is 4.58. The van der Waals surface area contributed by atoms with Crippen LogP contribution in [0.3, 0.4) is 0 Å². The summed E-state index contributed by atoms with van der Waals surface area (Å²) in [5.74, 6) is -0.638. The first kappa shape index (κ1) is 57.3. The first-order valence-corrected chi connectivity index (χ1v) is 23.7. The van der Waals surface area contributed by atoms with Gasteiger partial charge in [0, 0.05) is 19.4 Å². The van der Waals surface area contributed by atoms with Gasteiger partial charge in [0.2, 0.25) is 0 Å². The van der Waals surface area contributed by atoms with Gasteiger partial charge in [0.25, 0.3) is 0 Å². The quantitative estimate of drug-likeness (QED) is 0.0349. The highest BCUT2D eigenvalue weighted by Crippen LogP contribution is 2.06. The van der Waals surface area contributed by atoms with E-state index in [4.69, 9.17) is 14.2 Å². The highest BCUT2D eigenvalue weighted by atomic mass is 16.6. The summed E-state index contributed by atoms with van der Waals surface area (Å²) in [4.78, 5) is 25.2. The number of carbonyl (C=O) groups is 2. The molecule has 1 unspecified atom stereocenters. The van der Waals surface area contributed by atoms with Crippen LogP contribution in [0.1, 0.15) is 149 Å². The van der Waals surface area contributed by atoms with Crippen molar-refractivity contribution in [3.63, 3.8) is 0 Å². The van der Waals surface area contributed by atoms with Crippen LogP contribution in [0.25, 0.3) is 0 Å². The molecule has 0 rings (SSSR count). The Kier molecular flexibility index (Phi) is 46.7. The number of unbranched alkanes of at least 4 members (excludes halogenated alkanes) is 1. The van der Waals surface area contributed by atoms with E-state index in [0.29, 0.717) is 19.4 Å². The van der Waals surface area contributed by atoms with Gasteiger partial charge in [-0.3, -0.25) is 9.59 Å². The van der Waals surface area contributed by atoms with Crippen LogP contribution < -0.4 is 0 Å². The number of rotatable bonds is 40. The maximum Gasteiger partial charge on any atom is 0.306 e. The zero-order valence-corrected chi connectivity index (χ0v) is 39.0. The topological polar surface area (TPSA) is 61.8 Å². The lowest BCUT2D eigenvalue weighted by atomic mass is 10.2. The van der Waals surface area contributed by atoms with Crippen LogP contribution in [-0.2, 0) is 23.8 Å². The maximum absolute atomic E-state index is 12.7. The molecule has 5 heteroatoms. The maximum atomic E-state index is 12.7. The van der Waals surface area contributed by atoms with Gasteiger partial charge in [-0.05, 0) is 116 Å². The van der Waals surface area contributed by atoms with Crippen molar-refractivity contribution < 1.29 is 23.8 Å². The van der Waals surface area contributed by atoms with Crippen LogP contribution in [-0.4, -0.2) is 37.9 Å². The zero-order valence-electron chi connectivity index (χ0n) is 39.0. The second-order valence-corrected chi connectivity index (χ2v) is 14.5. The van der Waals surface area contributed by atoms with E-state index in [1.807, 2.05) is 12.2 Å². The average molecular weight is 849 g/mol. The molecular formula is C57H84O5. The molecule has 0 fully saturated rings. The molecule has 1 atom stereocenters. The van der Waals surface area contributed by atoms with Crippen molar-refractivity contribution in [3.8, 4) is 0 Å². The predicted molar refractivity (Wildman–Crippen MR) is 269 cm³/mol. The summed E-state index contributed by atoms with van der Waals surface area (Å²) in [6.45, 7) is 7.13. The van der Waals surface area contributed by atoms with Gasteiger partial charge in [-0.2, -0.15) is 0 Å². The first-order valence-electron chi connectivity index (χ1n) is 23.7. The minimum Gasteiger partial charge on any atom is -0.462 e. The van der Waals surface area contributed by atoms with Gasteiger partial charge in [0.15, 0.2) is 6.10 Å². The number of ether oxygens (including phenoxy) is 3. The predicted octanol–water partition coefficient (Wildman–Crippen LogP) is 16.1. The number of hydrogen-bond acceptors (Lipinski definition) is 5. The van der Waals surface area contributed by atoms with Crippen LogP contribution in [0.15, 0.2) is 170 Å². The highest BCUT2D eigenvalue weighted by molar-refractivity contribution is 5.70. The summed E-state index contributed by atoms with van der Waals surface area (Å²) in [6, 6.07) is 0. The van der Waals surface area contributed by atoms with Crippen LogP contribution in [0.2, 0.25) is 0 Å². The normalized spacial score (nSPS) is 13.8. The monoisotopic (exact) mass is 849 g/mol. The molecule has 0 saturated carbocycles. The molecule has 0 aromatic rings. The largest absolute Gasteiger partial charge is 0.462 e. The van der Waals surface area contributed by atoms with Crippen molar-refractivity contribution in [1.29, 1.82) is 0 Å². The molecule has 0 bridgehead atoms. The van der Waals surface area contributed by atoms with Crippen LogP contribution >= 0.6 is 0 Å². The van der Waals surface area contributed by atoms with E-state index >= 15 is 0 Å². The number of esters is 2. The molecule has 0 aliphatic rings. The number of allylic oxidation sites excluding steroid dienone is 28. The SMILES string of the molecule is CC/C=C\C/C=C\C/C=C\C/C=C\C/C=C\C/C=C\CCCOCC(COC(=O)CC/C=C\C/C=C\C/C=C\C/C=C\CC)OC(=O)CC/C=C\C/C=C\C/C=C\C/C=C\CC. The smallest absolute Gasteiger partial charge is 0.306 e. The highest BCUT2D eigenvalue weighted by Gasteiger charge is 2.17. The molecule has 0 spiro atoms. The van der Waals surface area contributed by atoms with Gasteiger partial charge >= 0.3 is 11.9 Å². The van der Waals surface area contributed by atoms with Crippen molar-refractivity contribution in [3.05, 3.63) is 170 Å².